The molecule has 0 saturated carbocycles. The summed E-state index contributed by atoms with van der Waals surface area (Å²) in [5.74, 6) is 0.408. The van der Waals surface area contributed by atoms with Gasteiger partial charge in [-0.15, -0.1) is 12.4 Å². The molecule has 0 aliphatic rings. The van der Waals surface area contributed by atoms with E-state index in [2.05, 4.69) is 13.8 Å². The molecule has 4 heteroatoms. The number of hydrogen-bond acceptors (Lipinski definition) is 1. The van der Waals surface area contributed by atoms with Gasteiger partial charge in [-0.1, -0.05) is 55.6 Å². The van der Waals surface area contributed by atoms with Crippen LogP contribution >= 0.6 is 35.6 Å². The number of halogens is 3. The van der Waals surface area contributed by atoms with Gasteiger partial charge in [0.05, 0.1) is 10.0 Å². The second kappa shape index (κ2) is 6.59. The summed E-state index contributed by atoms with van der Waals surface area (Å²) in [5, 5.41) is 1.16. The minimum Gasteiger partial charge on any atom is -0.324 e. The van der Waals surface area contributed by atoms with Gasteiger partial charge in [-0.2, -0.15) is 0 Å². The SMILES string of the molecule is CCC(C)[C@@H](N)c1cccc(Cl)c1Cl.Cl. The zero-order valence-electron chi connectivity index (χ0n) is 8.84. The van der Waals surface area contributed by atoms with Crippen molar-refractivity contribution in [2.45, 2.75) is 26.3 Å². The topological polar surface area (TPSA) is 26.0 Å². The fraction of sp³-hybridized carbons (Fsp3) is 0.455. The molecule has 1 unspecified atom stereocenters. The van der Waals surface area contributed by atoms with Crippen LogP contribution in [0.1, 0.15) is 31.9 Å². The average Bonchev–Trinajstić information content (AvgIpc) is 2.20. The zero-order chi connectivity index (χ0) is 10.7. The maximum atomic E-state index is 6.08. The first-order chi connectivity index (χ1) is 6.57. The highest BCUT2D eigenvalue weighted by atomic mass is 35.5. The molecule has 0 aliphatic heterocycles. The molecule has 1 aromatic rings. The van der Waals surface area contributed by atoms with Crippen molar-refractivity contribution < 1.29 is 0 Å². The lowest BCUT2D eigenvalue weighted by atomic mass is 9.93. The van der Waals surface area contributed by atoms with Crippen molar-refractivity contribution in [3.05, 3.63) is 33.8 Å². The lowest BCUT2D eigenvalue weighted by Gasteiger charge is -2.20. The molecular weight excluding hydrogens is 252 g/mol. The smallest absolute Gasteiger partial charge is 0.0640 e. The fourth-order valence-corrected chi connectivity index (χ4v) is 1.77. The summed E-state index contributed by atoms with van der Waals surface area (Å²) in [6.45, 7) is 4.23. The molecule has 15 heavy (non-hydrogen) atoms. The molecule has 2 atom stereocenters. The zero-order valence-corrected chi connectivity index (χ0v) is 11.2. The Kier molecular flexibility index (Phi) is 6.62. The summed E-state index contributed by atoms with van der Waals surface area (Å²) in [7, 11) is 0. The van der Waals surface area contributed by atoms with Crippen LogP contribution in [0.5, 0.6) is 0 Å². The van der Waals surface area contributed by atoms with Crippen molar-refractivity contribution in [2.24, 2.45) is 11.7 Å². The van der Waals surface area contributed by atoms with E-state index in [0.29, 0.717) is 16.0 Å². The van der Waals surface area contributed by atoms with E-state index < -0.39 is 0 Å². The second-order valence-electron chi connectivity index (χ2n) is 3.55. The highest BCUT2D eigenvalue weighted by molar-refractivity contribution is 6.42. The van der Waals surface area contributed by atoms with E-state index in [-0.39, 0.29) is 18.4 Å². The Morgan fingerprint density at radius 1 is 1.33 bits per heavy atom. The van der Waals surface area contributed by atoms with Crippen LogP contribution in [0.25, 0.3) is 0 Å². The van der Waals surface area contributed by atoms with Crippen LogP contribution in [-0.4, -0.2) is 0 Å². The molecule has 0 fully saturated rings. The van der Waals surface area contributed by atoms with Gasteiger partial charge in [0, 0.05) is 6.04 Å². The van der Waals surface area contributed by atoms with E-state index in [1.54, 1.807) is 6.07 Å². The molecule has 0 amide bonds. The van der Waals surface area contributed by atoms with Crippen LogP contribution in [0, 0.1) is 5.92 Å². The van der Waals surface area contributed by atoms with Gasteiger partial charge >= 0.3 is 0 Å². The molecule has 1 rings (SSSR count). The molecule has 86 valence electrons. The minimum atomic E-state index is -0.0359. The number of nitrogens with two attached hydrogens (primary N) is 1. The molecule has 1 aromatic carbocycles. The van der Waals surface area contributed by atoms with Crippen LogP contribution in [0.2, 0.25) is 10.0 Å². The molecule has 0 heterocycles. The standard InChI is InChI=1S/C11H15Cl2N.ClH/c1-3-7(2)11(14)8-5-4-6-9(12)10(8)13;/h4-7,11H,3,14H2,1-2H3;1H/t7?,11-;/m1./s1. The molecule has 0 bridgehead atoms. The Balaban J connectivity index is 0.00000196. The minimum absolute atomic E-state index is 0. The van der Waals surface area contributed by atoms with Gasteiger partial charge in [0.2, 0.25) is 0 Å². The van der Waals surface area contributed by atoms with Gasteiger partial charge in [0.1, 0.15) is 0 Å². The third-order valence-electron chi connectivity index (χ3n) is 2.60. The third kappa shape index (κ3) is 3.53. The third-order valence-corrected chi connectivity index (χ3v) is 3.43. The van der Waals surface area contributed by atoms with Gasteiger partial charge in [-0.3, -0.25) is 0 Å². The van der Waals surface area contributed by atoms with E-state index in [9.17, 15) is 0 Å². The molecule has 2 N–H and O–H groups in total. The average molecular weight is 269 g/mol. The Bertz CT molecular complexity index is 315. The van der Waals surface area contributed by atoms with E-state index in [1.165, 1.54) is 0 Å². The lowest BCUT2D eigenvalue weighted by Crippen LogP contribution is -2.18. The summed E-state index contributed by atoms with van der Waals surface area (Å²) >= 11 is 12.0. The van der Waals surface area contributed by atoms with E-state index in [4.69, 9.17) is 28.9 Å². The van der Waals surface area contributed by atoms with Gasteiger partial charge in [0.25, 0.3) is 0 Å². The molecule has 0 spiro atoms. The monoisotopic (exact) mass is 267 g/mol. The predicted molar refractivity (Wildman–Crippen MR) is 70.1 cm³/mol. The van der Waals surface area contributed by atoms with Gasteiger partial charge < -0.3 is 5.73 Å². The van der Waals surface area contributed by atoms with Crippen LogP contribution in [0.15, 0.2) is 18.2 Å². The highest BCUT2D eigenvalue weighted by Gasteiger charge is 2.16. The van der Waals surface area contributed by atoms with Crippen molar-refractivity contribution in [3.63, 3.8) is 0 Å². The fourth-order valence-electron chi connectivity index (χ4n) is 1.34. The van der Waals surface area contributed by atoms with E-state index in [1.807, 2.05) is 12.1 Å². The lowest BCUT2D eigenvalue weighted by molar-refractivity contribution is 0.457. The predicted octanol–water partition coefficient (Wildman–Crippen LogP) is 4.46. The molecule has 0 aliphatic carbocycles. The van der Waals surface area contributed by atoms with Crippen molar-refractivity contribution in [2.75, 3.05) is 0 Å². The Morgan fingerprint density at radius 2 is 1.93 bits per heavy atom. The Hall–Kier alpha value is 0.0500. The maximum Gasteiger partial charge on any atom is 0.0640 e. The quantitative estimate of drug-likeness (QED) is 0.860. The first-order valence-electron chi connectivity index (χ1n) is 4.77. The van der Waals surface area contributed by atoms with Crippen LogP contribution < -0.4 is 5.73 Å². The van der Waals surface area contributed by atoms with Gasteiger partial charge in [-0.25, -0.2) is 0 Å². The molecule has 0 radical (unpaired) electrons. The van der Waals surface area contributed by atoms with Crippen molar-refractivity contribution >= 4 is 35.6 Å². The number of hydrogen-bond donors (Lipinski definition) is 1. The Labute approximate surface area is 107 Å². The van der Waals surface area contributed by atoms with Crippen LogP contribution in [0.3, 0.4) is 0 Å². The van der Waals surface area contributed by atoms with Crippen molar-refractivity contribution in [1.29, 1.82) is 0 Å². The summed E-state index contributed by atoms with van der Waals surface area (Å²) in [6.07, 6.45) is 1.03. The Morgan fingerprint density at radius 3 is 2.47 bits per heavy atom. The molecule has 0 aromatic heterocycles. The normalized spacial score (nSPS) is 14.2. The van der Waals surface area contributed by atoms with Crippen molar-refractivity contribution in [3.8, 4) is 0 Å². The van der Waals surface area contributed by atoms with Crippen molar-refractivity contribution in [1.82, 2.24) is 0 Å². The van der Waals surface area contributed by atoms with Crippen LogP contribution in [0.4, 0.5) is 0 Å². The number of benzene rings is 1. The molecule has 1 nitrogen and oxygen atoms in total. The maximum absolute atomic E-state index is 6.08. The summed E-state index contributed by atoms with van der Waals surface area (Å²) in [5.41, 5.74) is 7.01. The van der Waals surface area contributed by atoms with Crippen LogP contribution in [-0.2, 0) is 0 Å². The number of rotatable bonds is 3. The molecule has 0 saturated heterocycles. The van der Waals surface area contributed by atoms with Gasteiger partial charge in [-0.05, 0) is 17.5 Å². The summed E-state index contributed by atoms with van der Waals surface area (Å²) in [6, 6.07) is 5.55. The first-order valence-corrected chi connectivity index (χ1v) is 5.53. The molecular formula is C11H16Cl3N. The van der Waals surface area contributed by atoms with Gasteiger partial charge in [0.15, 0.2) is 0 Å². The second-order valence-corrected chi connectivity index (χ2v) is 4.34. The van der Waals surface area contributed by atoms with E-state index in [0.717, 1.165) is 12.0 Å². The highest BCUT2D eigenvalue weighted by Crippen LogP contribution is 2.32. The summed E-state index contributed by atoms with van der Waals surface area (Å²) in [4.78, 5) is 0. The summed E-state index contributed by atoms with van der Waals surface area (Å²) < 4.78 is 0. The largest absolute Gasteiger partial charge is 0.324 e. The van der Waals surface area contributed by atoms with E-state index >= 15 is 0 Å². The first kappa shape index (κ1) is 15.0.